The van der Waals surface area contributed by atoms with Crippen LogP contribution in [0.15, 0.2) is 12.5 Å². The monoisotopic (exact) mass is 333 g/mol. The van der Waals surface area contributed by atoms with Gasteiger partial charge in [0.15, 0.2) is 0 Å². The second-order valence-corrected chi connectivity index (χ2v) is 5.35. The second kappa shape index (κ2) is 7.04. The molecule has 0 spiro atoms. The number of rotatable bonds is 6. The molecule has 0 aliphatic carbocycles. The smallest absolute Gasteiger partial charge is 0.145 e. The van der Waals surface area contributed by atoms with E-state index in [-0.39, 0.29) is 0 Å². The predicted molar refractivity (Wildman–Crippen MR) is 76.8 cm³/mol. The average molecular weight is 333 g/mol. The van der Waals surface area contributed by atoms with E-state index >= 15 is 0 Å². The van der Waals surface area contributed by atoms with Gasteiger partial charge in [0.2, 0.25) is 0 Å². The van der Waals surface area contributed by atoms with Crippen LogP contribution in [0.5, 0.6) is 0 Å². The lowest BCUT2D eigenvalue weighted by molar-refractivity contribution is 0.618. The van der Waals surface area contributed by atoms with Crippen molar-refractivity contribution in [3.8, 4) is 0 Å². The van der Waals surface area contributed by atoms with Crippen LogP contribution in [0.3, 0.4) is 0 Å². The van der Waals surface area contributed by atoms with E-state index in [9.17, 15) is 0 Å². The Morgan fingerprint density at radius 2 is 2.12 bits per heavy atom. The molecule has 0 radical (unpaired) electrons. The normalized spacial score (nSPS) is 10.8. The third-order valence-corrected chi connectivity index (χ3v) is 3.31. The van der Waals surface area contributed by atoms with E-state index in [1.54, 1.807) is 6.33 Å². The lowest BCUT2D eigenvalue weighted by Crippen LogP contribution is -2.33. The molecule has 0 aliphatic heterocycles. The van der Waals surface area contributed by atoms with Crippen LogP contribution in [0.25, 0.3) is 0 Å². The minimum atomic E-state index is 0.486. The molecule has 0 bridgehead atoms. The summed E-state index contributed by atoms with van der Waals surface area (Å²) in [4.78, 5) is 10.8. The van der Waals surface area contributed by atoms with Gasteiger partial charge >= 0.3 is 0 Å². The molecule has 4 heteroatoms. The molecule has 16 heavy (non-hydrogen) atoms. The van der Waals surface area contributed by atoms with Gasteiger partial charge < -0.3 is 4.90 Å². The molecule has 0 unspecified atom stereocenters. The van der Waals surface area contributed by atoms with Gasteiger partial charge in [-0.25, -0.2) is 9.97 Å². The highest BCUT2D eigenvalue weighted by Crippen LogP contribution is 2.20. The topological polar surface area (TPSA) is 29.0 Å². The SMILES string of the molecule is CCCCCN(c1ncncc1I)C(C)C. The van der Waals surface area contributed by atoms with Crippen molar-refractivity contribution >= 4 is 28.4 Å². The molecular formula is C12H20IN3. The van der Waals surface area contributed by atoms with E-state index in [0.29, 0.717) is 6.04 Å². The Bertz CT molecular complexity index is 315. The molecule has 1 rings (SSSR count). The van der Waals surface area contributed by atoms with E-state index in [2.05, 4.69) is 58.2 Å². The molecule has 0 aliphatic rings. The Hall–Kier alpha value is -0.390. The number of aromatic nitrogens is 2. The zero-order valence-electron chi connectivity index (χ0n) is 10.3. The number of hydrogen-bond donors (Lipinski definition) is 0. The maximum atomic E-state index is 4.39. The predicted octanol–water partition coefficient (Wildman–Crippen LogP) is 3.49. The molecule has 0 saturated heterocycles. The quantitative estimate of drug-likeness (QED) is 0.589. The van der Waals surface area contributed by atoms with Crippen molar-refractivity contribution in [1.29, 1.82) is 0 Å². The summed E-state index contributed by atoms with van der Waals surface area (Å²) in [6, 6.07) is 0.486. The van der Waals surface area contributed by atoms with E-state index in [1.165, 1.54) is 19.3 Å². The Balaban J connectivity index is 2.74. The zero-order chi connectivity index (χ0) is 12.0. The molecule has 0 aromatic carbocycles. The highest BCUT2D eigenvalue weighted by Gasteiger charge is 2.14. The maximum Gasteiger partial charge on any atom is 0.145 e. The zero-order valence-corrected chi connectivity index (χ0v) is 12.4. The first-order valence-corrected chi connectivity index (χ1v) is 6.96. The molecule has 0 atom stereocenters. The largest absolute Gasteiger partial charge is 0.353 e. The third kappa shape index (κ3) is 3.88. The van der Waals surface area contributed by atoms with Crippen molar-refractivity contribution in [3.63, 3.8) is 0 Å². The Morgan fingerprint density at radius 3 is 2.69 bits per heavy atom. The first kappa shape index (κ1) is 13.7. The Morgan fingerprint density at radius 1 is 1.38 bits per heavy atom. The van der Waals surface area contributed by atoms with Crippen LogP contribution in [0, 0.1) is 3.57 Å². The van der Waals surface area contributed by atoms with Crippen LogP contribution < -0.4 is 4.90 Å². The summed E-state index contributed by atoms with van der Waals surface area (Å²) in [5.74, 6) is 1.07. The molecule has 1 heterocycles. The van der Waals surface area contributed by atoms with Crippen molar-refractivity contribution in [1.82, 2.24) is 9.97 Å². The molecule has 0 amide bonds. The van der Waals surface area contributed by atoms with Gasteiger partial charge in [0.05, 0.1) is 3.57 Å². The molecule has 0 saturated carbocycles. The molecule has 0 fully saturated rings. The molecule has 90 valence electrons. The highest BCUT2D eigenvalue weighted by molar-refractivity contribution is 14.1. The lowest BCUT2D eigenvalue weighted by atomic mass is 10.2. The Labute approximate surface area is 112 Å². The fraction of sp³-hybridized carbons (Fsp3) is 0.667. The van der Waals surface area contributed by atoms with Crippen molar-refractivity contribution < 1.29 is 0 Å². The van der Waals surface area contributed by atoms with E-state index in [4.69, 9.17) is 0 Å². The van der Waals surface area contributed by atoms with Crippen molar-refractivity contribution in [3.05, 3.63) is 16.1 Å². The van der Waals surface area contributed by atoms with Gasteiger partial charge in [-0.15, -0.1) is 0 Å². The molecule has 1 aromatic rings. The van der Waals surface area contributed by atoms with Gasteiger partial charge in [-0.05, 0) is 42.9 Å². The van der Waals surface area contributed by atoms with Crippen LogP contribution in [-0.2, 0) is 0 Å². The molecule has 0 N–H and O–H groups in total. The number of nitrogens with zero attached hydrogens (tertiary/aromatic N) is 3. The fourth-order valence-corrected chi connectivity index (χ4v) is 2.27. The van der Waals surface area contributed by atoms with E-state index in [0.717, 1.165) is 15.9 Å². The van der Waals surface area contributed by atoms with Gasteiger partial charge in [-0.2, -0.15) is 0 Å². The van der Waals surface area contributed by atoms with Gasteiger partial charge in [0.25, 0.3) is 0 Å². The fourth-order valence-electron chi connectivity index (χ4n) is 1.66. The van der Waals surface area contributed by atoms with Crippen LogP contribution >= 0.6 is 22.6 Å². The van der Waals surface area contributed by atoms with Gasteiger partial charge in [0.1, 0.15) is 12.1 Å². The minimum Gasteiger partial charge on any atom is -0.353 e. The van der Waals surface area contributed by atoms with Gasteiger partial charge in [-0.1, -0.05) is 19.8 Å². The van der Waals surface area contributed by atoms with E-state index in [1.807, 2.05) is 6.20 Å². The first-order valence-electron chi connectivity index (χ1n) is 5.89. The number of anilines is 1. The molecule has 3 nitrogen and oxygen atoms in total. The van der Waals surface area contributed by atoms with Crippen LogP contribution in [0.1, 0.15) is 40.0 Å². The average Bonchev–Trinajstić information content (AvgIpc) is 2.25. The van der Waals surface area contributed by atoms with Crippen LogP contribution in [0.2, 0.25) is 0 Å². The van der Waals surface area contributed by atoms with Crippen LogP contribution in [0.4, 0.5) is 5.82 Å². The molecular weight excluding hydrogens is 313 g/mol. The van der Waals surface area contributed by atoms with Crippen LogP contribution in [-0.4, -0.2) is 22.6 Å². The summed E-state index contributed by atoms with van der Waals surface area (Å²) in [5.41, 5.74) is 0. The number of hydrogen-bond acceptors (Lipinski definition) is 3. The minimum absolute atomic E-state index is 0.486. The summed E-state index contributed by atoms with van der Waals surface area (Å²) in [6.45, 7) is 7.74. The summed E-state index contributed by atoms with van der Waals surface area (Å²) >= 11 is 2.30. The Kier molecular flexibility index (Phi) is 6.01. The molecule has 1 aromatic heterocycles. The maximum absolute atomic E-state index is 4.39. The van der Waals surface area contributed by atoms with Gasteiger partial charge in [-0.3, -0.25) is 0 Å². The van der Waals surface area contributed by atoms with Crippen molar-refractivity contribution in [2.24, 2.45) is 0 Å². The van der Waals surface area contributed by atoms with Crippen molar-refractivity contribution in [2.45, 2.75) is 46.1 Å². The lowest BCUT2D eigenvalue weighted by Gasteiger charge is -2.28. The summed E-state index contributed by atoms with van der Waals surface area (Å²) in [5, 5.41) is 0. The summed E-state index contributed by atoms with van der Waals surface area (Å²) in [7, 11) is 0. The standard InChI is InChI=1S/C12H20IN3/c1-4-5-6-7-16(10(2)3)12-11(13)8-14-9-15-12/h8-10H,4-7H2,1-3H3. The highest BCUT2D eigenvalue weighted by atomic mass is 127. The summed E-state index contributed by atoms with van der Waals surface area (Å²) in [6.07, 6.45) is 7.28. The van der Waals surface area contributed by atoms with Gasteiger partial charge in [0, 0.05) is 18.8 Å². The first-order chi connectivity index (χ1) is 7.66. The van der Waals surface area contributed by atoms with Crippen molar-refractivity contribution in [2.75, 3.05) is 11.4 Å². The second-order valence-electron chi connectivity index (χ2n) is 4.19. The number of unbranched alkanes of at least 4 members (excludes halogenated alkanes) is 2. The third-order valence-electron chi connectivity index (χ3n) is 2.55. The number of halogens is 1. The van der Waals surface area contributed by atoms with E-state index < -0.39 is 0 Å². The summed E-state index contributed by atoms with van der Waals surface area (Å²) < 4.78 is 1.13.